The van der Waals surface area contributed by atoms with Crippen molar-refractivity contribution >= 4 is 23.5 Å². The highest BCUT2D eigenvalue weighted by molar-refractivity contribution is 7.98. The molecule has 1 N–H and O–H groups in total. The van der Waals surface area contributed by atoms with Crippen LogP contribution in [-0.4, -0.2) is 31.7 Å². The van der Waals surface area contributed by atoms with Crippen LogP contribution in [0.3, 0.4) is 0 Å². The summed E-state index contributed by atoms with van der Waals surface area (Å²) in [7, 11) is 0. The normalized spacial score (nSPS) is 10.8. The molecule has 0 saturated heterocycles. The van der Waals surface area contributed by atoms with E-state index in [1.54, 1.807) is 45.7 Å². The van der Waals surface area contributed by atoms with Gasteiger partial charge in [0, 0.05) is 11.8 Å². The number of anilines is 1. The zero-order valence-corrected chi connectivity index (χ0v) is 16.4. The Morgan fingerprint density at radius 3 is 2.36 bits per heavy atom. The van der Waals surface area contributed by atoms with E-state index in [1.165, 1.54) is 0 Å². The fourth-order valence-corrected chi connectivity index (χ4v) is 3.34. The number of thioether (sulfide) groups is 1. The summed E-state index contributed by atoms with van der Waals surface area (Å²) in [5, 5.41) is 11.7. The van der Waals surface area contributed by atoms with Crippen LogP contribution in [0.2, 0.25) is 0 Å². The highest BCUT2D eigenvalue weighted by Crippen LogP contribution is 2.28. The minimum Gasteiger partial charge on any atom is -0.306 e. The SMILES string of the molecule is CSc1cnn(-c2ccccc2)c1NC(=O)c1ccc(-n2cc(C)cn2)cc1. The lowest BCUT2D eigenvalue weighted by atomic mass is 10.2. The van der Waals surface area contributed by atoms with Crippen molar-refractivity contribution in [3.8, 4) is 11.4 Å². The average Bonchev–Trinajstić information content (AvgIpc) is 3.35. The maximum absolute atomic E-state index is 12.8. The monoisotopic (exact) mass is 389 g/mol. The molecule has 28 heavy (non-hydrogen) atoms. The lowest BCUT2D eigenvalue weighted by Crippen LogP contribution is -2.15. The van der Waals surface area contributed by atoms with Gasteiger partial charge >= 0.3 is 0 Å². The molecular weight excluding hydrogens is 370 g/mol. The standard InChI is InChI=1S/C21H19N5OS/c1-15-12-22-25(14-15)17-10-8-16(9-11-17)21(27)24-20-19(28-2)13-23-26(20)18-6-4-3-5-7-18/h3-14H,1-2H3,(H,24,27). The molecule has 0 atom stereocenters. The largest absolute Gasteiger partial charge is 0.306 e. The van der Waals surface area contributed by atoms with Gasteiger partial charge in [0.05, 0.1) is 28.7 Å². The Bertz CT molecular complexity index is 1100. The molecule has 0 spiro atoms. The summed E-state index contributed by atoms with van der Waals surface area (Å²) in [5.41, 5.74) is 3.45. The molecule has 0 aliphatic rings. The van der Waals surface area contributed by atoms with Crippen LogP contribution in [0.1, 0.15) is 15.9 Å². The smallest absolute Gasteiger partial charge is 0.256 e. The van der Waals surface area contributed by atoms with Crippen LogP contribution in [0.15, 0.2) is 78.1 Å². The van der Waals surface area contributed by atoms with Crippen molar-refractivity contribution in [1.29, 1.82) is 0 Å². The highest BCUT2D eigenvalue weighted by atomic mass is 32.2. The molecule has 0 aliphatic heterocycles. The summed E-state index contributed by atoms with van der Waals surface area (Å²) in [4.78, 5) is 13.7. The summed E-state index contributed by atoms with van der Waals surface area (Å²) >= 11 is 1.54. The molecule has 2 aromatic carbocycles. The molecule has 7 heteroatoms. The maximum atomic E-state index is 12.8. The van der Waals surface area contributed by atoms with Gasteiger partial charge in [0.1, 0.15) is 5.82 Å². The molecule has 1 amide bonds. The molecule has 0 bridgehead atoms. The summed E-state index contributed by atoms with van der Waals surface area (Å²) in [6, 6.07) is 17.1. The van der Waals surface area contributed by atoms with Gasteiger partial charge in [-0.25, -0.2) is 9.36 Å². The second kappa shape index (κ2) is 7.74. The molecule has 0 fully saturated rings. The number of carbonyl (C=O) groups excluding carboxylic acids is 1. The highest BCUT2D eigenvalue weighted by Gasteiger charge is 2.16. The van der Waals surface area contributed by atoms with Gasteiger partial charge in [0.25, 0.3) is 5.91 Å². The van der Waals surface area contributed by atoms with Crippen molar-refractivity contribution in [2.45, 2.75) is 11.8 Å². The van der Waals surface area contributed by atoms with E-state index in [2.05, 4.69) is 15.5 Å². The van der Waals surface area contributed by atoms with Gasteiger partial charge in [-0.1, -0.05) is 18.2 Å². The van der Waals surface area contributed by atoms with E-state index in [4.69, 9.17) is 0 Å². The third kappa shape index (κ3) is 3.57. The Labute approximate surface area is 167 Å². The predicted octanol–water partition coefficient (Wildman–Crippen LogP) is 4.34. The molecule has 140 valence electrons. The number of nitrogens with zero attached hydrogens (tertiary/aromatic N) is 4. The second-order valence-corrected chi connectivity index (χ2v) is 7.12. The van der Waals surface area contributed by atoms with Crippen molar-refractivity contribution in [3.63, 3.8) is 0 Å². The molecule has 4 rings (SSSR count). The third-order valence-electron chi connectivity index (χ3n) is 4.29. The molecule has 6 nitrogen and oxygen atoms in total. The lowest BCUT2D eigenvalue weighted by Gasteiger charge is -2.11. The molecule has 4 aromatic rings. The first kappa shape index (κ1) is 18.1. The zero-order valence-electron chi connectivity index (χ0n) is 15.5. The van der Waals surface area contributed by atoms with Gasteiger partial charge in [-0.15, -0.1) is 11.8 Å². The van der Waals surface area contributed by atoms with Crippen LogP contribution in [0.25, 0.3) is 11.4 Å². The van der Waals surface area contributed by atoms with E-state index in [9.17, 15) is 4.79 Å². The second-order valence-electron chi connectivity index (χ2n) is 6.27. The number of aromatic nitrogens is 4. The molecule has 2 heterocycles. The first-order valence-corrected chi connectivity index (χ1v) is 9.98. The quantitative estimate of drug-likeness (QED) is 0.516. The van der Waals surface area contributed by atoms with Crippen molar-refractivity contribution in [1.82, 2.24) is 19.6 Å². The number of hydrogen-bond acceptors (Lipinski definition) is 4. The Morgan fingerprint density at radius 2 is 1.71 bits per heavy atom. The van der Waals surface area contributed by atoms with Crippen molar-refractivity contribution in [2.24, 2.45) is 0 Å². The van der Waals surface area contributed by atoms with Gasteiger partial charge < -0.3 is 5.32 Å². The van der Waals surface area contributed by atoms with Crippen molar-refractivity contribution in [3.05, 3.63) is 84.3 Å². The minimum atomic E-state index is -0.184. The number of amides is 1. The van der Waals surface area contributed by atoms with E-state index >= 15 is 0 Å². The van der Waals surface area contributed by atoms with Gasteiger partial charge in [-0.3, -0.25) is 4.79 Å². The summed E-state index contributed by atoms with van der Waals surface area (Å²) in [6.45, 7) is 1.99. The number of carbonyl (C=O) groups is 1. The number of rotatable bonds is 5. The van der Waals surface area contributed by atoms with Crippen LogP contribution >= 0.6 is 11.8 Å². The van der Waals surface area contributed by atoms with Crippen LogP contribution in [0.4, 0.5) is 5.82 Å². The molecular formula is C21H19N5OS. The lowest BCUT2D eigenvalue weighted by molar-refractivity contribution is 0.102. The number of aryl methyl sites for hydroxylation is 1. The first-order valence-electron chi connectivity index (χ1n) is 8.76. The number of hydrogen-bond donors (Lipinski definition) is 1. The van der Waals surface area contributed by atoms with Crippen molar-refractivity contribution in [2.75, 3.05) is 11.6 Å². The molecule has 0 unspecified atom stereocenters. The molecule has 0 radical (unpaired) electrons. The average molecular weight is 389 g/mol. The molecule has 0 saturated carbocycles. The van der Waals surface area contributed by atoms with Crippen LogP contribution in [-0.2, 0) is 0 Å². The fraction of sp³-hybridized carbons (Fsp3) is 0.0952. The first-order chi connectivity index (χ1) is 13.7. The summed E-state index contributed by atoms with van der Waals surface area (Å²) in [6.07, 6.45) is 7.47. The topological polar surface area (TPSA) is 64.7 Å². The van der Waals surface area contributed by atoms with E-state index in [0.29, 0.717) is 11.4 Å². The fourth-order valence-electron chi connectivity index (χ4n) is 2.86. The maximum Gasteiger partial charge on any atom is 0.256 e. The van der Waals surface area contributed by atoms with Gasteiger partial charge in [0.15, 0.2) is 0 Å². The number of benzene rings is 2. The van der Waals surface area contributed by atoms with E-state index < -0.39 is 0 Å². The van der Waals surface area contributed by atoms with Gasteiger partial charge in [-0.05, 0) is 55.1 Å². The number of nitrogens with one attached hydrogen (secondary N) is 1. The van der Waals surface area contributed by atoms with E-state index in [0.717, 1.165) is 21.8 Å². The molecule has 2 aromatic heterocycles. The predicted molar refractivity (Wildman–Crippen MR) is 112 cm³/mol. The van der Waals surface area contributed by atoms with Crippen molar-refractivity contribution < 1.29 is 4.79 Å². The Morgan fingerprint density at radius 1 is 0.964 bits per heavy atom. The van der Waals surface area contributed by atoms with Crippen LogP contribution in [0.5, 0.6) is 0 Å². The Balaban J connectivity index is 1.59. The molecule has 0 aliphatic carbocycles. The van der Waals surface area contributed by atoms with E-state index in [1.807, 2.05) is 61.8 Å². The Kier molecular flexibility index (Phi) is 4.99. The van der Waals surface area contributed by atoms with Gasteiger partial charge in [-0.2, -0.15) is 10.2 Å². The van der Waals surface area contributed by atoms with Gasteiger partial charge in [0.2, 0.25) is 0 Å². The third-order valence-corrected chi connectivity index (χ3v) is 5.03. The Hall–Kier alpha value is -3.32. The zero-order chi connectivity index (χ0) is 19.5. The minimum absolute atomic E-state index is 0.184. The van der Waals surface area contributed by atoms with E-state index in [-0.39, 0.29) is 5.91 Å². The summed E-state index contributed by atoms with van der Waals surface area (Å²) in [5.74, 6) is 0.478. The number of para-hydroxylation sites is 1. The summed E-state index contributed by atoms with van der Waals surface area (Å²) < 4.78 is 3.53. The van der Waals surface area contributed by atoms with Crippen LogP contribution in [0, 0.1) is 6.92 Å². The van der Waals surface area contributed by atoms with Crippen LogP contribution < -0.4 is 5.32 Å².